The van der Waals surface area contributed by atoms with Crippen LogP contribution in [0.15, 0.2) is 6.07 Å². The van der Waals surface area contributed by atoms with Crippen molar-refractivity contribution in [2.24, 2.45) is 5.41 Å². The van der Waals surface area contributed by atoms with Gasteiger partial charge in [0.1, 0.15) is 0 Å². The van der Waals surface area contributed by atoms with E-state index in [4.69, 9.17) is 0 Å². The van der Waals surface area contributed by atoms with Crippen molar-refractivity contribution in [3.05, 3.63) is 17.7 Å². The molecule has 0 aromatic carbocycles. The van der Waals surface area contributed by atoms with Crippen molar-refractivity contribution in [3.8, 4) is 0 Å². The zero-order chi connectivity index (χ0) is 15.5. The third-order valence-electron chi connectivity index (χ3n) is 4.15. The molecule has 0 spiro atoms. The minimum atomic E-state index is -0.642. The first-order valence-corrected chi connectivity index (χ1v) is 7.78. The van der Waals surface area contributed by atoms with Crippen LogP contribution >= 0.6 is 0 Å². The van der Waals surface area contributed by atoms with Gasteiger partial charge < -0.3 is 10.6 Å². The summed E-state index contributed by atoms with van der Waals surface area (Å²) in [6, 6.07) is 1.12. The number of hydrogen-bond donors (Lipinski definition) is 2. The summed E-state index contributed by atoms with van der Waals surface area (Å²) in [5, 5.41) is 6.03. The Balaban J connectivity index is 2.05. The zero-order valence-electron chi connectivity index (χ0n) is 13.1. The van der Waals surface area contributed by atoms with E-state index in [2.05, 4.69) is 29.5 Å². The Bertz CT molecular complexity index is 479. The lowest BCUT2D eigenvalue weighted by atomic mass is 9.75. The summed E-state index contributed by atoms with van der Waals surface area (Å²) in [6.07, 6.45) is 5.05. The molecule has 0 bridgehead atoms. The molecule has 2 rings (SSSR count). The van der Waals surface area contributed by atoms with Crippen LogP contribution in [0.1, 0.15) is 52.9 Å². The summed E-state index contributed by atoms with van der Waals surface area (Å²) in [4.78, 5) is 4.07. The van der Waals surface area contributed by atoms with Crippen molar-refractivity contribution in [1.82, 2.24) is 4.98 Å². The average Bonchev–Trinajstić information content (AvgIpc) is 2.42. The molecule has 1 aromatic heterocycles. The Morgan fingerprint density at radius 2 is 1.81 bits per heavy atom. The molecule has 2 N–H and O–H groups in total. The van der Waals surface area contributed by atoms with Crippen molar-refractivity contribution in [3.63, 3.8) is 0 Å². The van der Waals surface area contributed by atoms with Crippen LogP contribution in [0.3, 0.4) is 0 Å². The zero-order valence-corrected chi connectivity index (χ0v) is 13.1. The van der Waals surface area contributed by atoms with Crippen molar-refractivity contribution >= 4 is 11.6 Å². The predicted octanol–water partition coefficient (Wildman–Crippen LogP) is 4.56. The Morgan fingerprint density at radius 1 is 1.19 bits per heavy atom. The molecule has 1 saturated carbocycles. The number of hydrogen-bond acceptors (Lipinski definition) is 3. The first-order valence-electron chi connectivity index (χ1n) is 7.78. The lowest BCUT2D eigenvalue weighted by molar-refractivity contribution is 0.232. The van der Waals surface area contributed by atoms with E-state index < -0.39 is 11.6 Å². The van der Waals surface area contributed by atoms with E-state index in [1.54, 1.807) is 0 Å². The highest BCUT2D eigenvalue weighted by Crippen LogP contribution is 2.36. The molecule has 0 radical (unpaired) electrons. The predicted molar refractivity (Wildman–Crippen MR) is 82.6 cm³/mol. The van der Waals surface area contributed by atoms with Gasteiger partial charge in [-0.2, -0.15) is 0 Å². The summed E-state index contributed by atoms with van der Waals surface area (Å²) in [5.41, 5.74) is 0.362. The molecule has 0 unspecified atom stereocenters. The average molecular weight is 297 g/mol. The molecule has 3 nitrogen and oxygen atoms in total. The van der Waals surface area contributed by atoms with Gasteiger partial charge in [0.05, 0.1) is 0 Å². The Kier molecular flexibility index (Phi) is 5.01. The molecule has 1 aliphatic carbocycles. The van der Waals surface area contributed by atoms with Gasteiger partial charge in [0.2, 0.25) is 0 Å². The van der Waals surface area contributed by atoms with Crippen LogP contribution in [0.4, 0.5) is 20.4 Å². The summed E-state index contributed by atoms with van der Waals surface area (Å²) < 4.78 is 27.5. The molecule has 1 fully saturated rings. The molecule has 21 heavy (non-hydrogen) atoms. The van der Waals surface area contributed by atoms with E-state index >= 15 is 0 Å². The van der Waals surface area contributed by atoms with Crippen LogP contribution < -0.4 is 10.6 Å². The van der Waals surface area contributed by atoms with E-state index in [0.29, 0.717) is 12.0 Å². The number of anilines is 2. The van der Waals surface area contributed by atoms with Gasteiger partial charge in [0, 0.05) is 18.7 Å². The van der Waals surface area contributed by atoms with Gasteiger partial charge in [-0.05, 0) is 37.5 Å². The van der Waals surface area contributed by atoms with Crippen molar-refractivity contribution in [2.45, 2.75) is 58.9 Å². The monoisotopic (exact) mass is 297 g/mol. The molecule has 1 aromatic rings. The second-order valence-corrected chi connectivity index (χ2v) is 6.66. The number of pyridine rings is 1. The quantitative estimate of drug-likeness (QED) is 0.836. The van der Waals surface area contributed by atoms with E-state index in [9.17, 15) is 8.78 Å². The van der Waals surface area contributed by atoms with Gasteiger partial charge in [-0.1, -0.05) is 20.8 Å². The van der Waals surface area contributed by atoms with Crippen LogP contribution in [0.2, 0.25) is 0 Å². The van der Waals surface area contributed by atoms with Gasteiger partial charge in [-0.25, -0.2) is 13.8 Å². The molecule has 1 aliphatic rings. The molecule has 5 heteroatoms. The van der Waals surface area contributed by atoms with Gasteiger partial charge in [0.15, 0.2) is 23.3 Å². The Morgan fingerprint density at radius 3 is 2.43 bits per heavy atom. The second-order valence-electron chi connectivity index (χ2n) is 6.66. The molecule has 1 heterocycles. The molecule has 0 atom stereocenters. The lowest BCUT2D eigenvalue weighted by Gasteiger charge is -2.34. The Labute approximate surface area is 125 Å². The lowest BCUT2D eigenvalue weighted by Crippen LogP contribution is -2.30. The topological polar surface area (TPSA) is 37.0 Å². The van der Waals surface area contributed by atoms with Crippen LogP contribution in [0.25, 0.3) is 0 Å². The highest BCUT2D eigenvalue weighted by molar-refractivity contribution is 5.48. The van der Waals surface area contributed by atoms with Crippen LogP contribution in [-0.2, 0) is 0 Å². The largest absolute Gasteiger partial charge is 0.368 e. The fourth-order valence-corrected chi connectivity index (χ4v) is 2.67. The van der Waals surface area contributed by atoms with E-state index in [-0.39, 0.29) is 17.7 Å². The van der Waals surface area contributed by atoms with E-state index in [1.807, 2.05) is 6.92 Å². The molecular formula is C16H25F2N3. The minimum Gasteiger partial charge on any atom is -0.368 e. The maximum absolute atomic E-state index is 13.9. The highest BCUT2D eigenvalue weighted by Gasteiger charge is 2.27. The van der Waals surface area contributed by atoms with Crippen LogP contribution in [0.5, 0.6) is 0 Å². The summed E-state index contributed by atoms with van der Waals surface area (Å²) in [6.45, 7) is 7.11. The summed E-state index contributed by atoms with van der Waals surface area (Å²) >= 11 is 0. The molecular weight excluding hydrogens is 272 g/mol. The van der Waals surface area contributed by atoms with Crippen LogP contribution in [-0.4, -0.2) is 17.6 Å². The van der Waals surface area contributed by atoms with E-state index in [0.717, 1.165) is 38.2 Å². The van der Waals surface area contributed by atoms with Crippen LogP contribution in [0, 0.1) is 17.0 Å². The van der Waals surface area contributed by atoms with Gasteiger partial charge >= 0.3 is 0 Å². The minimum absolute atomic E-state index is 0.122. The standard InChI is InChI=1S/C16H25F2N3/c1-4-9-19-14-12(17)10-13(18)15(21-14)20-11-5-7-16(2,3)8-6-11/h10-11H,4-9H2,1-3H3,(H2,19,20,21). The molecule has 0 aliphatic heterocycles. The first kappa shape index (κ1) is 16.0. The van der Waals surface area contributed by atoms with Crippen molar-refractivity contribution < 1.29 is 8.78 Å². The third-order valence-corrected chi connectivity index (χ3v) is 4.15. The molecule has 0 saturated heterocycles. The highest BCUT2D eigenvalue weighted by atomic mass is 19.1. The van der Waals surface area contributed by atoms with Crippen molar-refractivity contribution in [2.75, 3.05) is 17.2 Å². The maximum Gasteiger partial charge on any atom is 0.168 e. The molecule has 0 amide bonds. The Hall–Kier alpha value is -1.39. The third kappa shape index (κ3) is 4.29. The first-order chi connectivity index (χ1) is 9.91. The fourth-order valence-electron chi connectivity index (χ4n) is 2.67. The normalized spacial score (nSPS) is 18.5. The summed E-state index contributed by atoms with van der Waals surface area (Å²) in [5.74, 6) is -0.993. The van der Waals surface area contributed by atoms with Gasteiger partial charge in [-0.3, -0.25) is 0 Å². The van der Waals surface area contributed by atoms with E-state index in [1.165, 1.54) is 0 Å². The number of nitrogens with zero attached hydrogens (tertiary/aromatic N) is 1. The van der Waals surface area contributed by atoms with Crippen molar-refractivity contribution in [1.29, 1.82) is 0 Å². The van der Waals surface area contributed by atoms with Gasteiger partial charge in [0.25, 0.3) is 0 Å². The number of rotatable bonds is 5. The smallest absolute Gasteiger partial charge is 0.168 e. The molecule has 118 valence electrons. The SMILES string of the molecule is CCCNc1nc(NC2CCC(C)(C)CC2)c(F)cc1F. The number of halogens is 2. The van der Waals surface area contributed by atoms with Gasteiger partial charge in [-0.15, -0.1) is 0 Å². The summed E-state index contributed by atoms with van der Waals surface area (Å²) in [7, 11) is 0. The fraction of sp³-hybridized carbons (Fsp3) is 0.688. The number of nitrogens with one attached hydrogen (secondary N) is 2. The maximum atomic E-state index is 13.9. The second kappa shape index (κ2) is 6.58. The number of aromatic nitrogens is 1.